The molecule has 0 heterocycles. The van der Waals surface area contributed by atoms with E-state index in [0.29, 0.717) is 11.3 Å². The monoisotopic (exact) mass is 314 g/mol. The topological polar surface area (TPSA) is 72.2 Å². The van der Waals surface area contributed by atoms with E-state index in [4.69, 9.17) is 17.3 Å². The molecule has 0 atom stereocenters. The summed E-state index contributed by atoms with van der Waals surface area (Å²) in [5.74, 6) is -0.852. The van der Waals surface area contributed by atoms with Gasteiger partial charge in [0, 0.05) is 17.3 Å². The van der Waals surface area contributed by atoms with Crippen LogP contribution in [0.3, 0.4) is 0 Å². The van der Waals surface area contributed by atoms with Crippen molar-refractivity contribution in [3.8, 4) is 0 Å². The zero-order valence-electron chi connectivity index (χ0n) is 10.3. The number of nitrogen functional groups attached to an aromatic ring is 1. The predicted octanol–water partition coefficient (Wildman–Crippen LogP) is 2.54. The van der Waals surface area contributed by atoms with Crippen molar-refractivity contribution >= 4 is 27.3 Å². The second kappa shape index (κ2) is 5.78. The molecular formula is C13H12ClFN2O2S. The number of halogens is 2. The van der Waals surface area contributed by atoms with E-state index in [9.17, 15) is 12.8 Å². The molecular weight excluding hydrogens is 303 g/mol. The van der Waals surface area contributed by atoms with E-state index in [0.717, 1.165) is 12.1 Å². The summed E-state index contributed by atoms with van der Waals surface area (Å²) in [6, 6.07) is 10.1. The molecule has 0 aliphatic heterocycles. The Morgan fingerprint density at radius 1 is 1.20 bits per heavy atom. The summed E-state index contributed by atoms with van der Waals surface area (Å²) in [7, 11) is -3.97. The SMILES string of the molecule is Nc1cccc(CNS(=O)(=O)c2cc(Cl)ccc2F)c1. The second-order valence-corrected chi connectivity index (χ2v) is 6.32. The third-order valence-corrected chi connectivity index (χ3v) is 4.25. The van der Waals surface area contributed by atoms with Crippen LogP contribution in [0.5, 0.6) is 0 Å². The van der Waals surface area contributed by atoms with E-state index in [1.54, 1.807) is 24.3 Å². The van der Waals surface area contributed by atoms with Gasteiger partial charge in [-0.1, -0.05) is 23.7 Å². The summed E-state index contributed by atoms with van der Waals surface area (Å²) in [5.41, 5.74) is 6.80. The van der Waals surface area contributed by atoms with Crippen molar-refractivity contribution in [2.24, 2.45) is 0 Å². The molecule has 7 heteroatoms. The molecule has 0 fully saturated rings. The van der Waals surface area contributed by atoms with Gasteiger partial charge in [0.25, 0.3) is 0 Å². The minimum Gasteiger partial charge on any atom is -0.399 e. The molecule has 20 heavy (non-hydrogen) atoms. The highest BCUT2D eigenvalue weighted by atomic mass is 35.5. The zero-order valence-corrected chi connectivity index (χ0v) is 11.9. The average molecular weight is 315 g/mol. The van der Waals surface area contributed by atoms with Crippen molar-refractivity contribution in [2.75, 3.05) is 5.73 Å². The lowest BCUT2D eigenvalue weighted by Gasteiger charge is -2.08. The van der Waals surface area contributed by atoms with E-state index in [-0.39, 0.29) is 11.6 Å². The number of hydrogen-bond donors (Lipinski definition) is 2. The molecule has 0 aliphatic carbocycles. The van der Waals surface area contributed by atoms with Gasteiger partial charge in [-0.25, -0.2) is 17.5 Å². The molecule has 2 aromatic rings. The Morgan fingerprint density at radius 3 is 2.65 bits per heavy atom. The lowest BCUT2D eigenvalue weighted by Crippen LogP contribution is -2.24. The van der Waals surface area contributed by atoms with Crippen molar-refractivity contribution in [1.82, 2.24) is 4.72 Å². The third-order valence-electron chi connectivity index (χ3n) is 2.60. The van der Waals surface area contributed by atoms with Crippen molar-refractivity contribution in [2.45, 2.75) is 11.4 Å². The van der Waals surface area contributed by atoms with Crippen molar-refractivity contribution in [3.05, 3.63) is 58.9 Å². The Balaban J connectivity index is 2.21. The lowest BCUT2D eigenvalue weighted by atomic mass is 10.2. The highest BCUT2D eigenvalue weighted by molar-refractivity contribution is 7.89. The highest BCUT2D eigenvalue weighted by Crippen LogP contribution is 2.19. The zero-order chi connectivity index (χ0) is 14.8. The molecule has 0 unspecified atom stereocenters. The number of sulfonamides is 1. The van der Waals surface area contributed by atoms with Gasteiger partial charge in [-0.2, -0.15) is 0 Å². The van der Waals surface area contributed by atoms with Crippen LogP contribution in [0.4, 0.5) is 10.1 Å². The third kappa shape index (κ3) is 3.47. The lowest BCUT2D eigenvalue weighted by molar-refractivity contribution is 0.557. The Labute approximate surface area is 121 Å². The molecule has 0 aliphatic rings. The van der Waals surface area contributed by atoms with Crippen LogP contribution in [0.15, 0.2) is 47.4 Å². The Bertz CT molecular complexity index is 735. The minimum absolute atomic E-state index is 0.0132. The maximum atomic E-state index is 13.6. The number of nitrogens with one attached hydrogen (secondary N) is 1. The van der Waals surface area contributed by atoms with Crippen LogP contribution in [0.1, 0.15) is 5.56 Å². The highest BCUT2D eigenvalue weighted by Gasteiger charge is 2.19. The fourth-order valence-corrected chi connectivity index (χ4v) is 3.00. The van der Waals surface area contributed by atoms with E-state index < -0.39 is 20.7 Å². The van der Waals surface area contributed by atoms with E-state index in [2.05, 4.69) is 4.72 Å². The smallest absolute Gasteiger partial charge is 0.243 e. The van der Waals surface area contributed by atoms with Crippen molar-refractivity contribution in [3.63, 3.8) is 0 Å². The molecule has 2 rings (SSSR count). The van der Waals surface area contributed by atoms with E-state index in [1.165, 1.54) is 6.07 Å². The molecule has 0 saturated heterocycles. The number of hydrogen-bond acceptors (Lipinski definition) is 3. The first kappa shape index (κ1) is 14.8. The standard InChI is InChI=1S/C13H12ClFN2O2S/c14-10-4-5-12(15)13(7-10)20(18,19)17-8-9-2-1-3-11(16)6-9/h1-7,17H,8,16H2. The fourth-order valence-electron chi connectivity index (χ4n) is 1.64. The van der Waals surface area contributed by atoms with Crippen LogP contribution < -0.4 is 10.5 Å². The normalized spacial score (nSPS) is 11.5. The van der Waals surface area contributed by atoms with E-state index in [1.807, 2.05) is 0 Å². The number of rotatable bonds is 4. The minimum atomic E-state index is -3.97. The van der Waals surface area contributed by atoms with Crippen LogP contribution in [-0.4, -0.2) is 8.42 Å². The molecule has 2 aromatic carbocycles. The summed E-state index contributed by atoms with van der Waals surface area (Å²) in [6.45, 7) is 0.0132. The molecule has 106 valence electrons. The average Bonchev–Trinajstić information content (AvgIpc) is 2.39. The van der Waals surface area contributed by atoms with Gasteiger partial charge in [0.05, 0.1) is 0 Å². The fraction of sp³-hybridized carbons (Fsp3) is 0.0769. The van der Waals surface area contributed by atoms with Crippen LogP contribution in [0.2, 0.25) is 5.02 Å². The molecule has 0 radical (unpaired) electrons. The number of benzene rings is 2. The first-order valence-electron chi connectivity index (χ1n) is 5.67. The van der Waals surface area contributed by atoms with Gasteiger partial charge in [-0.3, -0.25) is 0 Å². The van der Waals surface area contributed by atoms with Gasteiger partial charge in [0.1, 0.15) is 10.7 Å². The van der Waals surface area contributed by atoms with Crippen LogP contribution in [-0.2, 0) is 16.6 Å². The second-order valence-electron chi connectivity index (χ2n) is 4.14. The molecule has 0 saturated carbocycles. The molecule has 0 amide bonds. The maximum Gasteiger partial charge on any atom is 0.243 e. The molecule has 4 nitrogen and oxygen atoms in total. The summed E-state index contributed by atoms with van der Waals surface area (Å²) >= 11 is 5.69. The predicted molar refractivity (Wildman–Crippen MR) is 76.3 cm³/mol. The van der Waals surface area contributed by atoms with Gasteiger partial charge in [0.2, 0.25) is 10.0 Å². The number of anilines is 1. The number of nitrogens with two attached hydrogens (primary N) is 1. The van der Waals surface area contributed by atoms with Crippen LogP contribution >= 0.6 is 11.6 Å². The van der Waals surface area contributed by atoms with Crippen LogP contribution in [0, 0.1) is 5.82 Å². The van der Waals surface area contributed by atoms with Gasteiger partial charge in [-0.15, -0.1) is 0 Å². The van der Waals surface area contributed by atoms with Crippen molar-refractivity contribution < 1.29 is 12.8 Å². The summed E-state index contributed by atoms with van der Waals surface area (Å²) in [4.78, 5) is -0.478. The Morgan fingerprint density at radius 2 is 1.95 bits per heavy atom. The van der Waals surface area contributed by atoms with Gasteiger partial charge in [0.15, 0.2) is 0 Å². The molecule has 0 bridgehead atoms. The summed E-state index contributed by atoms with van der Waals surface area (Å²) in [5, 5.41) is 0.149. The maximum absolute atomic E-state index is 13.6. The van der Waals surface area contributed by atoms with E-state index >= 15 is 0 Å². The molecule has 0 aromatic heterocycles. The quantitative estimate of drug-likeness (QED) is 0.852. The molecule has 3 N–H and O–H groups in total. The van der Waals surface area contributed by atoms with Gasteiger partial charge >= 0.3 is 0 Å². The van der Waals surface area contributed by atoms with Crippen molar-refractivity contribution in [1.29, 1.82) is 0 Å². The first-order chi connectivity index (χ1) is 9.38. The molecule has 0 spiro atoms. The Kier molecular flexibility index (Phi) is 4.27. The van der Waals surface area contributed by atoms with Gasteiger partial charge in [-0.05, 0) is 35.9 Å². The largest absolute Gasteiger partial charge is 0.399 e. The first-order valence-corrected chi connectivity index (χ1v) is 7.54. The summed E-state index contributed by atoms with van der Waals surface area (Å²) in [6.07, 6.45) is 0. The summed E-state index contributed by atoms with van der Waals surface area (Å²) < 4.78 is 39.9. The van der Waals surface area contributed by atoms with Gasteiger partial charge < -0.3 is 5.73 Å². The van der Waals surface area contributed by atoms with Crippen LogP contribution in [0.25, 0.3) is 0 Å². The Hall–Kier alpha value is -1.63.